The van der Waals surface area contributed by atoms with Gasteiger partial charge in [0.1, 0.15) is 7.85 Å². The van der Waals surface area contributed by atoms with Crippen LogP contribution in [0.2, 0.25) is 0 Å². The second-order valence-corrected chi connectivity index (χ2v) is 3.48. The first-order chi connectivity index (χ1) is 3.72. The van der Waals surface area contributed by atoms with Crippen LogP contribution < -0.4 is 5.46 Å². The summed E-state index contributed by atoms with van der Waals surface area (Å²) in [7, 11) is 2.10. The van der Waals surface area contributed by atoms with Gasteiger partial charge in [-0.2, -0.15) is 0 Å². The quantitative estimate of drug-likeness (QED) is 0.398. The molecule has 0 bridgehead atoms. The van der Waals surface area contributed by atoms with Gasteiger partial charge in [-0.05, 0) is 17.9 Å². The van der Waals surface area contributed by atoms with E-state index in [4.69, 9.17) is 0 Å². The van der Waals surface area contributed by atoms with Crippen molar-refractivity contribution in [3.8, 4) is 0 Å². The maximum Gasteiger partial charge on any atom is 0.140 e. The lowest BCUT2D eigenvalue weighted by molar-refractivity contribution is 1.47. The largest absolute Gasteiger partial charge is 0.140 e. The topological polar surface area (TPSA) is 0 Å². The minimum absolute atomic E-state index is 1.14. The molecule has 0 N–H and O–H groups in total. The SMILES string of the molecule is Bc1csc(S)c1C. The monoisotopic (exact) mass is 142 g/mol. The van der Waals surface area contributed by atoms with Crippen molar-refractivity contribution in [2.24, 2.45) is 0 Å². The van der Waals surface area contributed by atoms with Crippen LogP contribution in [0.1, 0.15) is 5.56 Å². The van der Waals surface area contributed by atoms with Crippen molar-refractivity contribution in [1.29, 1.82) is 0 Å². The van der Waals surface area contributed by atoms with Crippen LogP contribution in [-0.4, -0.2) is 7.85 Å². The van der Waals surface area contributed by atoms with E-state index >= 15 is 0 Å². The molecule has 0 amide bonds. The van der Waals surface area contributed by atoms with Crippen LogP contribution in [0.25, 0.3) is 0 Å². The summed E-state index contributed by atoms with van der Waals surface area (Å²) in [4.78, 5) is 0. The van der Waals surface area contributed by atoms with E-state index < -0.39 is 0 Å². The summed E-state index contributed by atoms with van der Waals surface area (Å²) in [6.07, 6.45) is 0. The van der Waals surface area contributed by atoms with Crippen LogP contribution in [-0.2, 0) is 0 Å². The fourth-order valence-electron chi connectivity index (χ4n) is 0.490. The number of hydrogen-bond acceptors (Lipinski definition) is 2. The Labute approximate surface area is 59.7 Å². The van der Waals surface area contributed by atoms with E-state index in [-0.39, 0.29) is 0 Å². The van der Waals surface area contributed by atoms with E-state index in [2.05, 4.69) is 32.8 Å². The molecule has 0 unspecified atom stereocenters. The maximum atomic E-state index is 4.24. The summed E-state index contributed by atoms with van der Waals surface area (Å²) in [5.74, 6) is 0. The fourth-order valence-corrected chi connectivity index (χ4v) is 1.63. The lowest BCUT2D eigenvalue weighted by Crippen LogP contribution is -1.99. The minimum Gasteiger partial charge on any atom is -0.138 e. The molecule has 0 radical (unpaired) electrons. The first kappa shape index (κ1) is 6.24. The molecule has 1 rings (SSSR count). The first-order valence-corrected chi connectivity index (χ1v) is 3.78. The van der Waals surface area contributed by atoms with Gasteiger partial charge in [0.2, 0.25) is 0 Å². The summed E-state index contributed by atoms with van der Waals surface area (Å²) < 4.78 is 1.14. The van der Waals surface area contributed by atoms with Gasteiger partial charge in [0.25, 0.3) is 0 Å². The Morgan fingerprint density at radius 3 is 2.50 bits per heavy atom. The summed E-state index contributed by atoms with van der Waals surface area (Å²) in [5, 5.41) is 2.12. The Kier molecular flexibility index (Phi) is 1.68. The standard InChI is InChI=1S/C5H7BS2/c1-3-4(6)2-8-5(3)7/h2,7H,6H2,1H3. The zero-order chi connectivity index (χ0) is 6.15. The zero-order valence-electron chi connectivity index (χ0n) is 4.93. The second kappa shape index (κ2) is 2.15. The van der Waals surface area contributed by atoms with Gasteiger partial charge in [0, 0.05) is 0 Å². The average molecular weight is 142 g/mol. The van der Waals surface area contributed by atoms with Crippen molar-refractivity contribution < 1.29 is 0 Å². The highest BCUT2D eigenvalue weighted by Crippen LogP contribution is 2.16. The highest BCUT2D eigenvalue weighted by molar-refractivity contribution is 7.83. The molecule has 0 aromatic carbocycles. The predicted molar refractivity (Wildman–Crippen MR) is 44.5 cm³/mol. The van der Waals surface area contributed by atoms with E-state index in [0.717, 1.165) is 4.21 Å². The molecular formula is C5H7BS2. The lowest BCUT2D eigenvalue weighted by atomic mass is 9.96. The second-order valence-electron chi connectivity index (χ2n) is 1.85. The van der Waals surface area contributed by atoms with E-state index in [0.29, 0.717) is 0 Å². The number of hydrogen-bond donors (Lipinski definition) is 1. The molecule has 0 aliphatic carbocycles. The van der Waals surface area contributed by atoms with Crippen LogP contribution in [0.4, 0.5) is 0 Å². The van der Waals surface area contributed by atoms with Crippen LogP contribution in [0.3, 0.4) is 0 Å². The summed E-state index contributed by atoms with van der Waals surface area (Å²) in [5.41, 5.74) is 2.67. The van der Waals surface area contributed by atoms with Gasteiger partial charge in [-0.3, -0.25) is 0 Å². The van der Waals surface area contributed by atoms with Crippen LogP contribution in [0, 0.1) is 6.92 Å². The maximum absolute atomic E-state index is 4.24. The van der Waals surface area contributed by atoms with Gasteiger partial charge in [0.15, 0.2) is 0 Å². The van der Waals surface area contributed by atoms with E-state index in [9.17, 15) is 0 Å². The van der Waals surface area contributed by atoms with E-state index in [1.165, 1.54) is 11.0 Å². The normalized spacial score (nSPS) is 9.75. The van der Waals surface area contributed by atoms with Crippen molar-refractivity contribution in [3.05, 3.63) is 10.9 Å². The molecule has 3 heteroatoms. The Balaban J connectivity index is 3.19. The van der Waals surface area contributed by atoms with Gasteiger partial charge in [0.05, 0.1) is 4.21 Å². The van der Waals surface area contributed by atoms with E-state index in [1.807, 2.05) is 0 Å². The number of thiol groups is 1. The van der Waals surface area contributed by atoms with Gasteiger partial charge >= 0.3 is 0 Å². The number of thiophene rings is 1. The smallest absolute Gasteiger partial charge is 0.138 e. The predicted octanol–water partition coefficient (Wildman–Crippen LogP) is 0.604. The molecular weight excluding hydrogens is 135 g/mol. The molecule has 0 atom stereocenters. The van der Waals surface area contributed by atoms with Gasteiger partial charge in [-0.25, -0.2) is 0 Å². The molecule has 1 aromatic heterocycles. The Bertz CT molecular complexity index is 173. The average Bonchev–Trinajstić information content (AvgIpc) is 1.98. The molecule has 0 saturated heterocycles. The third-order valence-corrected chi connectivity index (χ3v) is 2.91. The highest BCUT2D eigenvalue weighted by atomic mass is 32.2. The first-order valence-electron chi connectivity index (χ1n) is 2.45. The Morgan fingerprint density at radius 1 is 1.75 bits per heavy atom. The van der Waals surface area contributed by atoms with Crippen molar-refractivity contribution in [2.45, 2.75) is 11.1 Å². The van der Waals surface area contributed by atoms with Gasteiger partial charge in [-0.15, -0.1) is 24.0 Å². The fraction of sp³-hybridized carbons (Fsp3) is 0.200. The van der Waals surface area contributed by atoms with Crippen molar-refractivity contribution in [1.82, 2.24) is 0 Å². The third kappa shape index (κ3) is 0.930. The van der Waals surface area contributed by atoms with Crippen molar-refractivity contribution in [3.63, 3.8) is 0 Å². The highest BCUT2D eigenvalue weighted by Gasteiger charge is 1.96. The molecule has 0 aliphatic heterocycles. The third-order valence-electron chi connectivity index (χ3n) is 1.26. The van der Waals surface area contributed by atoms with Crippen molar-refractivity contribution in [2.75, 3.05) is 0 Å². The Morgan fingerprint density at radius 2 is 2.38 bits per heavy atom. The molecule has 0 spiro atoms. The number of rotatable bonds is 0. The van der Waals surface area contributed by atoms with Crippen molar-refractivity contribution >= 4 is 37.3 Å². The van der Waals surface area contributed by atoms with Crippen LogP contribution in [0.5, 0.6) is 0 Å². The molecule has 8 heavy (non-hydrogen) atoms. The van der Waals surface area contributed by atoms with Gasteiger partial charge in [-0.1, -0.05) is 5.46 Å². The Hall–Kier alpha value is 0.115. The summed E-state index contributed by atoms with van der Waals surface area (Å²) in [6, 6.07) is 0. The molecule has 0 fully saturated rings. The summed E-state index contributed by atoms with van der Waals surface area (Å²) in [6.45, 7) is 2.09. The summed E-state index contributed by atoms with van der Waals surface area (Å²) >= 11 is 5.93. The van der Waals surface area contributed by atoms with E-state index in [1.54, 1.807) is 11.3 Å². The van der Waals surface area contributed by atoms with Crippen LogP contribution >= 0.6 is 24.0 Å². The molecule has 42 valence electrons. The molecule has 0 aliphatic rings. The zero-order valence-corrected chi connectivity index (χ0v) is 6.64. The molecule has 1 heterocycles. The van der Waals surface area contributed by atoms with Gasteiger partial charge < -0.3 is 0 Å². The lowest BCUT2D eigenvalue weighted by Gasteiger charge is -1.85. The minimum atomic E-state index is 1.14. The molecule has 0 nitrogen and oxygen atoms in total. The molecule has 0 saturated carbocycles. The van der Waals surface area contributed by atoms with Crippen LogP contribution in [0.15, 0.2) is 9.59 Å². The molecule has 1 aromatic rings.